The van der Waals surface area contributed by atoms with E-state index >= 15 is 0 Å². The lowest BCUT2D eigenvalue weighted by atomic mass is 9.78. The van der Waals surface area contributed by atoms with Crippen molar-refractivity contribution in [3.8, 4) is 0 Å². The van der Waals surface area contributed by atoms with Crippen LogP contribution in [0.2, 0.25) is 0 Å². The van der Waals surface area contributed by atoms with Crippen LogP contribution in [0.3, 0.4) is 0 Å². The van der Waals surface area contributed by atoms with Crippen molar-refractivity contribution in [1.29, 1.82) is 0 Å². The SMILES string of the molecule is [B]N1CC2(CCN(C)CC2)CC1=O. The van der Waals surface area contributed by atoms with E-state index in [2.05, 4.69) is 11.9 Å². The highest BCUT2D eigenvalue weighted by molar-refractivity contribution is 6.15. The second-order valence-corrected chi connectivity index (χ2v) is 4.50. The molecule has 13 heavy (non-hydrogen) atoms. The summed E-state index contributed by atoms with van der Waals surface area (Å²) in [5, 5.41) is 0. The van der Waals surface area contributed by atoms with Crippen LogP contribution in [0, 0.1) is 5.41 Å². The molecular weight excluding hydrogens is 163 g/mol. The maximum absolute atomic E-state index is 11.3. The predicted molar refractivity (Wildman–Crippen MR) is 51.2 cm³/mol. The smallest absolute Gasteiger partial charge is 0.230 e. The van der Waals surface area contributed by atoms with E-state index in [1.54, 1.807) is 0 Å². The van der Waals surface area contributed by atoms with Gasteiger partial charge in [-0.25, -0.2) is 0 Å². The van der Waals surface area contributed by atoms with Crippen LogP contribution in [0.5, 0.6) is 0 Å². The molecule has 3 nitrogen and oxygen atoms in total. The van der Waals surface area contributed by atoms with E-state index in [0.29, 0.717) is 6.42 Å². The molecule has 2 rings (SSSR count). The number of amides is 1. The summed E-state index contributed by atoms with van der Waals surface area (Å²) in [5.74, 6) is 0.115. The Morgan fingerprint density at radius 3 is 2.46 bits per heavy atom. The number of rotatable bonds is 0. The third-order valence-corrected chi connectivity index (χ3v) is 3.40. The highest BCUT2D eigenvalue weighted by Gasteiger charge is 2.42. The zero-order valence-corrected chi connectivity index (χ0v) is 8.12. The largest absolute Gasteiger partial charge is 0.396 e. The summed E-state index contributed by atoms with van der Waals surface area (Å²) in [6.45, 7) is 2.96. The fourth-order valence-corrected chi connectivity index (χ4v) is 2.36. The van der Waals surface area contributed by atoms with E-state index in [1.807, 2.05) is 0 Å². The summed E-state index contributed by atoms with van der Waals surface area (Å²) >= 11 is 0. The maximum atomic E-state index is 11.3. The van der Waals surface area contributed by atoms with Crippen molar-refractivity contribution in [1.82, 2.24) is 9.71 Å². The van der Waals surface area contributed by atoms with Gasteiger partial charge in [0, 0.05) is 13.0 Å². The molecule has 2 radical (unpaired) electrons. The fraction of sp³-hybridized carbons (Fsp3) is 0.889. The normalized spacial score (nSPS) is 28.7. The van der Waals surface area contributed by atoms with Gasteiger partial charge in [0.15, 0.2) is 0 Å². The van der Waals surface area contributed by atoms with E-state index < -0.39 is 0 Å². The molecule has 1 amide bonds. The highest BCUT2D eigenvalue weighted by atomic mass is 16.2. The van der Waals surface area contributed by atoms with Crippen LogP contribution in [0.15, 0.2) is 0 Å². The molecule has 2 aliphatic heterocycles. The van der Waals surface area contributed by atoms with Crippen LogP contribution < -0.4 is 0 Å². The minimum Gasteiger partial charge on any atom is -0.396 e. The number of hydrogen-bond donors (Lipinski definition) is 0. The Bertz CT molecular complexity index is 224. The van der Waals surface area contributed by atoms with E-state index in [1.165, 1.54) is 4.81 Å². The molecule has 2 aliphatic rings. The number of nitrogens with zero attached hydrogens (tertiary/aromatic N) is 2. The molecule has 2 fully saturated rings. The second-order valence-electron chi connectivity index (χ2n) is 4.50. The quantitative estimate of drug-likeness (QED) is 0.488. The van der Waals surface area contributed by atoms with Crippen molar-refractivity contribution in [3.05, 3.63) is 0 Å². The molecule has 0 N–H and O–H groups in total. The van der Waals surface area contributed by atoms with E-state index in [0.717, 1.165) is 32.5 Å². The Kier molecular flexibility index (Phi) is 2.10. The molecule has 0 atom stereocenters. The van der Waals surface area contributed by atoms with Gasteiger partial charge in [-0.05, 0) is 38.4 Å². The van der Waals surface area contributed by atoms with Crippen molar-refractivity contribution in [3.63, 3.8) is 0 Å². The van der Waals surface area contributed by atoms with Gasteiger partial charge in [-0.15, -0.1) is 0 Å². The summed E-state index contributed by atoms with van der Waals surface area (Å²) in [5.41, 5.74) is 0.207. The van der Waals surface area contributed by atoms with E-state index in [9.17, 15) is 4.79 Å². The average Bonchev–Trinajstić information content (AvgIpc) is 2.36. The van der Waals surface area contributed by atoms with Crippen LogP contribution in [0.25, 0.3) is 0 Å². The van der Waals surface area contributed by atoms with Crippen molar-refractivity contribution in [2.24, 2.45) is 5.41 Å². The molecule has 0 aromatic rings. The van der Waals surface area contributed by atoms with E-state index in [4.69, 9.17) is 7.98 Å². The first-order chi connectivity index (χ1) is 6.11. The van der Waals surface area contributed by atoms with Crippen molar-refractivity contribution >= 4 is 13.9 Å². The van der Waals surface area contributed by atoms with Crippen molar-refractivity contribution in [2.75, 3.05) is 26.7 Å². The minimum atomic E-state index is 0.115. The van der Waals surface area contributed by atoms with E-state index in [-0.39, 0.29) is 11.3 Å². The first-order valence-corrected chi connectivity index (χ1v) is 4.85. The Balaban J connectivity index is 2.03. The lowest BCUT2D eigenvalue weighted by Gasteiger charge is -2.36. The Morgan fingerprint density at radius 2 is 2.00 bits per heavy atom. The van der Waals surface area contributed by atoms with Crippen LogP contribution in [0.1, 0.15) is 19.3 Å². The summed E-state index contributed by atoms with van der Waals surface area (Å²) in [4.78, 5) is 15.0. The molecule has 4 heteroatoms. The zero-order valence-electron chi connectivity index (χ0n) is 8.12. The van der Waals surface area contributed by atoms with Gasteiger partial charge in [0.05, 0.1) is 0 Å². The molecule has 0 bridgehead atoms. The molecular formula is C9H15BN2O. The monoisotopic (exact) mass is 178 g/mol. The highest BCUT2D eigenvalue weighted by Crippen LogP contribution is 2.39. The number of hydrogen-bond acceptors (Lipinski definition) is 2. The van der Waals surface area contributed by atoms with Crippen molar-refractivity contribution < 1.29 is 4.79 Å². The number of likely N-dealkylation sites (tertiary alicyclic amines) is 1. The first-order valence-electron chi connectivity index (χ1n) is 4.85. The molecule has 0 aromatic heterocycles. The molecule has 0 aromatic carbocycles. The maximum Gasteiger partial charge on any atom is 0.230 e. The van der Waals surface area contributed by atoms with Crippen LogP contribution in [-0.2, 0) is 4.79 Å². The summed E-state index contributed by atoms with van der Waals surface area (Å²) in [7, 11) is 7.72. The van der Waals surface area contributed by atoms with Gasteiger partial charge in [0.2, 0.25) is 13.9 Å². The average molecular weight is 178 g/mol. The zero-order chi connectivity index (χ0) is 9.47. The van der Waals surface area contributed by atoms with Gasteiger partial charge in [-0.3, -0.25) is 4.79 Å². The van der Waals surface area contributed by atoms with Gasteiger partial charge in [-0.2, -0.15) is 0 Å². The molecule has 70 valence electrons. The summed E-state index contributed by atoms with van der Waals surface area (Å²) < 4.78 is 0. The Hall–Kier alpha value is -0.505. The lowest BCUT2D eigenvalue weighted by Crippen LogP contribution is -2.39. The number of piperidine rings is 1. The Morgan fingerprint density at radius 1 is 1.38 bits per heavy atom. The summed E-state index contributed by atoms with van der Waals surface area (Å²) in [6.07, 6.45) is 2.89. The summed E-state index contributed by atoms with van der Waals surface area (Å²) in [6, 6.07) is 0. The third-order valence-electron chi connectivity index (χ3n) is 3.40. The second kappa shape index (κ2) is 3.01. The minimum absolute atomic E-state index is 0.115. The third kappa shape index (κ3) is 1.59. The molecule has 0 aliphatic carbocycles. The van der Waals surface area contributed by atoms with Gasteiger partial charge >= 0.3 is 0 Å². The molecule has 0 saturated carbocycles. The molecule has 2 saturated heterocycles. The molecule has 0 unspecified atom stereocenters. The van der Waals surface area contributed by atoms with Crippen LogP contribution in [0.4, 0.5) is 0 Å². The van der Waals surface area contributed by atoms with Crippen LogP contribution in [-0.4, -0.2) is 50.3 Å². The van der Waals surface area contributed by atoms with Gasteiger partial charge in [0.1, 0.15) is 0 Å². The van der Waals surface area contributed by atoms with Gasteiger partial charge in [-0.1, -0.05) is 0 Å². The fourth-order valence-electron chi connectivity index (χ4n) is 2.36. The lowest BCUT2D eigenvalue weighted by molar-refractivity contribution is -0.124. The van der Waals surface area contributed by atoms with Gasteiger partial charge in [0.25, 0.3) is 0 Å². The molecule has 1 spiro atoms. The number of carbonyl (C=O) groups is 1. The first kappa shape index (κ1) is 9.07. The predicted octanol–water partition coefficient (Wildman–Crippen LogP) is 0.0142. The molecule has 2 heterocycles. The van der Waals surface area contributed by atoms with Crippen molar-refractivity contribution in [2.45, 2.75) is 19.3 Å². The van der Waals surface area contributed by atoms with Gasteiger partial charge < -0.3 is 9.71 Å². The number of carbonyl (C=O) groups excluding carboxylic acids is 1. The topological polar surface area (TPSA) is 23.6 Å². The Labute approximate surface area is 80.5 Å². The van der Waals surface area contributed by atoms with Crippen LogP contribution >= 0.6 is 0 Å². The standard InChI is InChI=1S/C9H15BN2O/c1-11-4-2-9(3-5-11)6-8(13)12(10)7-9/h2-7H2,1H3.